The van der Waals surface area contributed by atoms with E-state index in [-0.39, 0.29) is 21.7 Å². The number of hydrogen-bond acceptors (Lipinski definition) is 1. The molecule has 0 saturated heterocycles. The second-order valence-corrected chi connectivity index (χ2v) is 20.3. The van der Waals surface area contributed by atoms with Crippen molar-refractivity contribution in [1.29, 1.82) is 0 Å². The van der Waals surface area contributed by atoms with Gasteiger partial charge in [0.15, 0.2) is 0 Å². The maximum Gasteiger partial charge on any atom is 0.0462 e. The van der Waals surface area contributed by atoms with Crippen LogP contribution >= 0.6 is 0 Å². The van der Waals surface area contributed by atoms with Crippen LogP contribution in [0.2, 0.25) is 0 Å². The molecule has 318 valence electrons. The Morgan fingerprint density at radius 2 is 0.794 bits per heavy atom. The Kier molecular flexibility index (Phi) is 10.8. The van der Waals surface area contributed by atoms with Gasteiger partial charge in [-0.3, -0.25) is 0 Å². The van der Waals surface area contributed by atoms with Gasteiger partial charge in [0.05, 0.1) is 0 Å². The summed E-state index contributed by atoms with van der Waals surface area (Å²) >= 11 is 0. The van der Waals surface area contributed by atoms with Crippen LogP contribution in [-0.4, -0.2) is 0 Å². The highest BCUT2D eigenvalue weighted by molar-refractivity contribution is 5.92. The second-order valence-electron chi connectivity index (χ2n) is 20.3. The predicted molar refractivity (Wildman–Crippen MR) is 273 cm³/mol. The quantitative estimate of drug-likeness (QED) is 0.124. The van der Waals surface area contributed by atoms with Crippen LogP contribution < -0.4 is 4.90 Å². The molecule has 2 aliphatic carbocycles. The van der Waals surface area contributed by atoms with E-state index >= 15 is 0 Å². The fourth-order valence-corrected chi connectivity index (χ4v) is 11.0. The van der Waals surface area contributed by atoms with Crippen LogP contribution in [0.5, 0.6) is 0 Å². The van der Waals surface area contributed by atoms with Crippen molar-refractivity contribution in [2.75, 3.05) is 4.90 Å². The van der Waals surface area contributed by atoms with Gasteiger partial charge in [0, 0.05) is 27.9 Å². The van der Waals surface area contributed by atoms with Gasteiger partial charge in [-0.15, -0.1) is 0 Å². The van der Waals surface area contributed by atoms with E-state index in [9.17, 15) is 0 Å². The number of fused-ring (bicyclic) bond motifs is 6. The maximum absolute atomic E-state index is 2.63. The van der Waals surface area contributed by atoms with Crippen molar-refractivity contribution in [3.63, 3.8) is 0 Å². The van der Waals surface area contributed by atoms with Crippen LogP contribution in [0.15, 0.2) is 152 Å². The Hall–Kier alpha value is -5.92. The zero-order chi connectivity index (χ0) is 44.3. The van der Waals surface area contributed by atoms with Gasteiger partial charge in [-0.1, -0.05) is 178 Å². The molecule has 0 spiro atoms. The highest BCUT2D eigenvalue weighted by Gasteiger charge is 2.46. The second kappa shape index (κ2) is 16.0. The van der Waals surface area contributed by atoms with Crippen molar-refractivity contribution in [2.24, 2.45) is 0 Å². The maximum atomic E-state index is 2.63. The summed E-state index contributed by atoms with van der Waals surface area (Å²) in [6.07, 6.45) is 8.84. The number of para-hydroxylation sites is 2. The number of nitrogens with zero attached hydrogens (tertiary/aromatic N) is 1. The summed E-state index contributed by atoms with van der Waals surface area (Å²) < 4.78 is 0. The van der Waals surface area contributed by atoms with Gasteiger partial charge in [0.25, 0.3) is 0 Å². The molecule has 0 heterocycles. The number of anilines is 3. The van der Waals surface area contributed by atoms with Crippen molar-refractivity contribution < 1.29 is 0 Å². The van der Waals surface area contributed by atoms with E-state index < -0.39 is 0 Å². The Morgan fingerprint density at radius 1 is 0.381 bits per heavy atom. The summed E-state index contributed by atoms with van der Waals surface area (Å²) in [7, 11) is 0. The van der Waals surface area contributed by atoms with E-state index in [2.05, 4.69) is 238 Å². The average molecular weight is 824 g/mol. The van der Waals surface area contributed by atoms with Gasteiger partial charge >= 0.3 is 0 Å². The Balaban J connectivity index is 1.07. The molecule has 9 rings (SSSR count). The molecule has 0 fully saturated rings. The fourth-order valence-electron chi connectivity index (χ4n) is 11.0. The lowest BCUT2D eigenvalue weighted by atomic mass is 9.71. The third kappa shape index (κ3) is 7.19. The Bertz CT molecular complexity index is 2740. The summed E-state index contributed by atoms with van der Waals surface area (Å²) in [5, 5.41) is 0. The standard InChI is InChI=1S/C62H65N/c1-11-61(12-2)55-35-43(26-25-42-27-31-50(32-28-42)63(48-21-17-15-18-22-48)49-23-19-16-20-24-49)29-33-51(55)53-40-58-54(41-57(53)61)52-34-30-44(38-56(52)62(58,13-3)14-4)45-36-46(59(5,6)7)39-47(37-45)60(8,9)10/h15-41H,11-14H2,1-10H3/b26-25+. The van der Waals surface area contributed by atoms with Crippen LogP contribution in [-0.2, 0) is 21.7 Å². The van der Waals surface area contributed by atoms with Crippen LogP contribution in [0.3, 0.4) is 0 Å². The molecule has 0 bridgehead atoms. The van der Waals surface area contributed by atoms with E-state index in [0.717, 1.165) is 42.7 Å². The molecule has 1 heteroatoms. The molecule has 0 aromatic heterocycles. The molecular weight excluding hydrogens is 759 g/mol. The van der Waals surface area contributed by atoms with Crippen molar-refractivity contribution in [1.82, 2.24) is 0 Å². The molecule has 0 atom stereocenters. The number of benzene rings is 7. The molecule has 63 heavy (non-hydrogen) atoms. The van der Waals surface area contributed by atoms with Gasteiger partial charge in [0.1, 0.15) is 0 Å². The molecule has 7 aromatic carbocycles. The molecule has 0 radical (unpaired) electrons. The third-order valence-corrected chi connectivity index (χ3v) is 14.9. The first-order valence-corrected chi connectivity index (χ1v) is 23.6. The molecule has 0 amide bonds. The van der Waals surface area contributed by atoms with Crippen molar-refractivity contribution in [3.8, 4) is 33.4 Å². The molecule has 0 N–H and O–H groups in total. The normalized spacial score (nSPS) is 14.6. The zero-order valence-corrected chi connectivity index (χ0v) is 39.4. The largest absolute Gasteiger partial charge is 0.311 e. The topological polar surface area (TPSA) is 3.24 Å². The SMILES string of the molecule is CCC1(CC)c2cc(/C=C/c3ccc(N(c4ccccc4)c4ccccc4)cc3)ccc2-c2cc3c(cc21)-c1ccc(-c2cc(C(C)(C)C)cc(C(C)(C)C)c2)cc1C3(CC)CC. The monoisotopic (exact) mass is 824 g/mol. The minimum Gasteiger partial charge on any atom is -0.311 e. The van der Waals surface area contributed by atoms with Crippen LogP contribution in [0.4, 0.5) is 17.1 Å². The molecule has 2 aliphatic rings. The van der Waals surface area contributed by atoms with Gasteiger partial charge < -0.3 is 4.90 Å². The Labute approximate surface area is 378 Å². The predicted octanol–water partition coefficient (Wildman–Crippen LogP) is 17.8. The van der Waals surface area contributed by atoms with Crippen LogP contribution in [0.1, 0.15) is 139 Å². The van der Waals surface area contributed by atoms with E-state index in [0.29, 0.717) is 0 Å². The fraction of sp³-hybridized carbons (Fsp3) is 0.290. The number of rotatable bonds is 10. The highest BCUT2D eigenvalue weighted by Crippen LogP contribution is 2.60. The van der Waals surface area contributed by atoms with E-state index in [1.807, 2.05) is 0 Å². The highest BCUT2D eigenvalue weighted by atomic mass is 15.1. The molecule has 0 aliphatic heterocycles. The number of hydrogen-bond donors (Lipinski definition) is 0. The average Bonchev–Trinajstić information content (AvgIpc) is 3.73. The third-order valence-electron chi connectivity index (χ3n) is 14.9. The molecule has 7 aromatic rings. The van der Waals surface area contributed by atoms with E-state index in [1.165, 1.54) is 77.9 Å². The van der Waals surface area contributed by atoms with Gasteiger partial charge in [-0.25, -0.2) is 0 Å². The van der Waals surface area contributed by atoms with Crippen LogP contribution in [0.25, 0.3) is 45.5 Å². The zero-order valence-electron chi connectivity index (χ0n) is 39.4. The molecule has 1 nitrogen and oxygen atoms in total. The first kappa shape index (κ1) is 42.4. The molecule has 0 saturated carbocycles. The lowest BCUT2D eigenvalue weighted by molar-refractivity contribution is 0.485. The first-order chi connectivity index (χ1) is 30.2. The summed E-state index contributed by atoms with van der Waals surface area (Å²) in [6.45, 7) is 23.6. The van der Waals surface area contributed by atoms with Gasteiger partial charge in [-0.05, 0) is 169 Å². The summed E-state index contributed by atoms with van der Waals surface area (Å²) in [6, 6.07) is 57.4. The summed E-state index contributed by atoms with van der Waals surface area (Å²) in [5.41, 5.74) is 23.1. The lowest BCUT2D eigenvalue weighted by Gasteiger charge is -2.32. The van der Waals surface area contributed by atoms with Crippen molar-refractivity contribution in [2.45, 2.75) is 117 Å². The first-order valence-electron chi connectivity index (χ1n) is 23.6. The summed E-state index contributed by atoms with van der Waals surface area (Å²) in [4.78, 5) is 2.31. The van der Waals surface area contributed by atoms with Crippen LogP contribution in [0, 0.1) is 0 Å². The van der Waals surface area contributed by atoms with Gasteiger partial charge in [0.2, 0.25) is 0 Å². The molecular formula is C62H65N. The summed E-state index contributed by atoms with van der Waals surface area (Å²) in [5.74, 6) is 0. The molecule has 0 unspecified atom stereocenters. The minimum absolute atomic E-state index is 0.0362. The van der Waals surface area contributed by atoms with Crippen molar-refractivity contribution in [3.05, 3.63) is 196 Å². The van der Waals surface area contributed by atoms with Gasteiger partial charge in [-0.2, -0.15) is 0 Å². The van der Waals surface area contributed by atoms with Crippen molar-refractivity contribution >= 4 is 29.2 Å². The lowest BCUT2D eigenvalue weighted by Crippen LogP contribution is -2.24. The van der Waals surface area contributed by atoms with E-state index in [1.54, 1.807) is 0 Å². The smallest absolute Gasteiger partial charge is 0.0462 e. The Morgan fingerprint density at radius 3 is 1.27 bits per heavy atom. The van der Waals surface area contributed by atoms with E-state index in [4.69, 9.17) is 0 Å². The minimum atomic E-state index is -0.0376.